The quantitative estimate of drug-likeness (QED) is 0.292. The van der Waals surface area contributed by atoms with Crippen LogP contribution < -0.4 is 15.4 Å². The minimum atomic E-state index is -3.77. The van der Waals surface area contributed by atoms with Gasteiger partial charge < -0.3 is 10.6 Å². The van der Waals surface area contributed by atoms with E-state index < -0.39 is 22.0 Å². The maximum Gasteiger partial charge on any atom is 0.272 e. The van der Waals surface area contributed by atoms with Gasteiger partial charge in [0.25, 0.3) is 5.91 Å². The number of imidazole rings is 1. The highest BCUT2D eigenvalue weighted by atomic mass is 35.5. The van der Waals surface area contributed by atoms with Crippen LogP contribution >= 0.6 is 34.5 Å². The smallest absolute Gasteiger partial charge is 0.272 e. The number of halogens is 2. The first-order chi connectivity index (χ1) is 16.6. The van der Waals surface area contributed by atoms with Crippen LogP contribution in [0.3, 0.4) is 0 Å². The fourth-order valence-corrected chi connectivity index (χ4v) is 5.88. The topological polar surface area (TPSA) is 122 Å². The van der Waals surface area contributed by atoms with E-state index in [-0.39, 0.29) is 34.0 Å². The molecule has 0 aliphatic rings. The van der Waals surface area contributed by atoms with Gasteiger partial charge in [-0.1, -0.05) is 37.0 Å². The number of carbonyl (C=O) groups is 2. The van der Waals surface area contributed by atoms with Crippen LogP contribution in [-0.4, -0.2) is 48.7 Å². The van der Waals surface area contributed by atoms with Crippen molar-refractivity contribution in [3.05, 3.63) is 51.7 Å². The predicted octanol–water partition coefficient (Wildman–Crippen LogP) is 3.72. The van der Waals surface area contributed by atoms with Gasteiger partial charge >= 0.3 is 0 Å². The summed E-state index contributed by atoms with van der Waals surface area (Å²) in [5.74, 6) is -0.510. The van der Waals surface area contributed by atoms with Gasteiger partial charge in [0, 0.05) is 35.9 Å². The molecule has 190 valence electrons. The number of hydrogen-bond acceptors (Lipinski definition) is 6. The number of carbonyl (C=O) groups excluding carboxylic acids is 2. The minimum Gasteiger partial charge on any atom is -0.354 e. The molecule has 2 heterocycles. The van der Waals surface area contributed by atoms with E-state index in [9.17, 15) is 18.0 Å². The van der Waals surface area contributed by atoms with Crippen molar-refractivity contribution in [2.24, 2.45) is 5.92 Å². The fourth-order valence-electron chi connectivity index (χ4n) is 3.33. The number of sulfonamides is 1. The molecule has 3 N–H and O–H groups in total. The van der Waals surface area contributed by atoms with Crippen LogP contribution in [0.15, 0.2) is 40.9 Å². The van der Waals surface area contributed by atoms with Crippen molar-refractivity contribution in [1.29, 1.82) is 0 Å². The van der Waals surface area contributed by atoms with Crippen LogP contribution in [0.5, 0.6) is 0 Å². The Labute approximate surface area is 218 Å². The highest BCUT2D eigenvalue weighted by Crippen LogP contribution is 2.24. The molecule has 0 aliphatic heterocycles. The first-order valence-electron chi connectivity index (χ1n) is 11.0. The highest BCUT2D eigenvalue weighted by Gasteiger charge is 2.24. The maximum absolute atomic E-state index is 12.7. The average Bonchev–Trinajstić information content (AvgIpc) is 3.37. The average molecular weight is 561 g/mol. The van der Waals surface area contributed by atoms with Crippen LogP contribution in [0.2, 0.25) is 10.0 Å². The lowest BCUT2D eigenvalue weighted by atomic mass is 10.0. The summed E-state index contributed by atoms with van der Waals surface area (Å²) in [5, 5.41) is 7.87. The number of thiazole rings is 1. The van der Waals surface area contributed by atoms with Crippen LogP contribution in [0.1, 0.15) is 43.6 Å². The Morgan fingerprint density at radius 1 is 1.17 bits per heavy atom. The molecule has 0 aliphatic carbocycles. The molecule has 1 atom stereocenters. The Balaban J connectivity index is 1.45. The Morgan fingerprint density at radius 2 is 1.91 bits per heavy atom. The molecule has 2 amide bonds. The highest BCUT2D eigenvalue weighted by molar-refractivity contribution is 7.89. The second-order valence-corrected chi connectivity index (χ2v) is 11.8. The van der Waals surface area contributed by atoms with Gasteiger partial charge in [-0.25, -0.2) is 18.1 Å². The fraction of sp³-hybridized carbons (Fsp3) is 0.409. The lowest BCUT2D eigenvalue weighted by Gasteiger charge is -2.19. The Kier molecular flexibility index (Phi) is 9.54. The van der Waals surface area contributed by atoms with Crippen molar-refractivity contribution in [2.75, 3.05) is 13.1 Å². The van der Waals surface area contributed by atoms with E-state index >= 15 is 0 Å². The maximum atomic E-state index is 12.7. The number of nitrogens with one attached hydrogen (secondary N) is 3. The van der Waals surface area contributed by atoms with E-state index in [0.717, 1.165) is 0 Å². The summed E-state index contributed by atoms with van der Waals surface area (Å²) in [7, 11) is -3.77. The lowest BCUT2D eigenvalue weighted by Crippen LogP contribution is -2.47. The third kappa shape index (κ3) is 7.65. The van der Waals surface area contributed by atoms with Crippen molar-refractivity contribution >= 4 is 61.3 Å². The van der Waals surface area contributed by atoms with Gasteiger partial charge in [0.05, 0.1) is 5.02 Å². The summed E-state index contributed by atoms with van der Waals surface area (Å²) in [6.45, 7) is 4.46. The van der Waals surface area contributed by atoms with Gasteiger partial charge in [0.1, 0.15) is 16.6 Å². The van der Waals surface area contributed by atoms with Crippen molar-refractivity contribution in [3.63, 3.8) is 0 Å². The second kappa shape index (κ2) is 12.2. The van der Waals surface area contributed by atoms with Gasteiger partial charge in [-0.05, 0) is 43.4 Å². The van der Waals surface area contributed by atoms with Crippen molar-refractivity contribution < 1.29 is 18.0 Å². The van der Waals surface area contributed by atoms with Crippen LogP contribution in [0.4, 0.5) is 0 Å². The number of hydrogen-bond donors (Lipinski definition) is 3. The number of aromatic nitrogens is 2. The van der Waals surface area contributed by atoms with Crippen molar-refractivity contribution in [3.8, 4) is 0 Å². The molecule has 0 unspecified atom stereocenters. The molecule has 1 aromatic carbocycles. The zero-order valence-corrected chi connectivity index (χ0v) is 22.4. The lowest BCUT2D eigenvalue weighted by molar-refractivity contribution is -0.123. The number of rotatable bonds is 12. The number of nitrogens with zero attached hydrogens (tertiary/aromatic N) is 2. The zero-order valence-electron chi connectivity index (χ0n) is 19.3. The predicted molar refractivity (Wildman–Crippen MR) is 138 cm³/mol. The molecule has 13 heteroatoms. The third-order valence-electron chi connectivity index (χ3n) is 5.03. The van der Waals surface area contributed by atoms with Crippen LogP contribution in [0.25, 0.3) is 4.96 Å². The molecule has 0 fully saturated rings. The van der Waals surface area contributed by atoms with E-state index in [4.69, 9.17) is 23.2 Å². The van der Waals surface area contributed by atoms with E-state index in [1.807, 2.05) is 25.4 Å². The molecule has 2 aromatic heterocycles. The molecule has 0 bridgehead atoms. The molecule has 9 nitrogen and oxygen atoms in total. The molecule has 3 rings (SSSR count). The van der Waals surface area contributed by atoms with Crippen molar-refractivity contribution in [2.45, 2.75) is 44.0 Å². The van der Waals surface area contributed by atoms with Gasteiger partial charge in [0.2, 0.25) is 15.9 Å². The Morgan fingerprint density at radius 3 is 2.60 bits per heavy atom. The SMILES string of the molecule is CC(C)C[C@H](NC(=O)c1cn2ccsc2n1)C(=O)NCCCCNS(=O)(=O)c1ccc(Cl)cc1Cl. The summed E-state index contributed by atoms with van der Waals surface area (Å²) in [6.07, 6.45) is 4.96. The van der Waals surface area contributed by atoms with Crippen molar-refractivity contribution in [1.82, 2.24) is 24.7 Å². The first-order valence-corrected chi connectivity index (χ1v) is 14.1. The summed E-state index contributed by atoms with van der Waals surface area (Å²) in [4.78, 5) is 30.3. The van der Waals surface area contributed by atoms with Gasteiger partial charge in [0.15, 0.2) is 4.96 Å². The van der Waals surface area contributed by atoms with E-state index in [1.54, 1.807) is 10.6 Å². The normalized spacial score (nSPS) is 12.7. The van der Waals surface area contributed by atoms with E-state index in [2.05, 4.69) is 20.3 Å². The van der Waals surface area contributed by atoms with E-state index in [1.165, 1.54) is 29.5 Å². The molecule has 3 aromatic rings. The standard InChI is InChI=1S/C22H27Cl2N5O4S2/c1-14(2)11-17(27-21(31)18-13-29-9-10-34-22(29)28-18)20(30)25-7-3-4-8-26-35(32,33)19-6-5-15(23)12-16(19)24/h5-6,9-10,12-14,17,26H,3-4,7-8,11H2,1-2H3,(H,25,30)(H,27,31)/t17-/m0/s1. The number of fused-ring (bicyclic) bond motifs is 1. The summed E-state index contributed by atoms with van der Waals surface area (Å²) < 4.78 is 29.1. The molecule has 35 heavy (non-hydrogen) atoms. The molecule has 0 spiro atoms. The van der Waals surface area contributed by atoms with Gasteiger partial charge in [-0.2, -0.15) is 0 Å². The van der Waals surface area contributed by atoms with Crippen LogP contribution in [-0.2, 0) is 14.8 Å². The summed E-state index contributed by atoms with van der Waals surface area (Å²) >= 11 is 13.2. The number of benzene rings is 1. The molecule has 0 saturated heterocycles. The molecule has 0 radical (unpaired) electrons. The number of amides is 2. The first kappa shape index (κ1) is 27.4. The minimum absolute atomic E-state index is 0.0401. The molecule has 0 saturated carbocycles. The molecular formula is C22H27Cl2N5O4S2. The summed E-state index contributed by atoms with van der Waals surface area (Å²) in [6, 6.07) is 3.48. The Bertz CT molecular complexity index is 1260. The third-order valence-corrected chi connectivity index (χ3v) is 7.98. The number of unbranched alkanes of at least 4 members (excludes halogenated alkanes) is 1. The van der Waals surface area contributed by atoms with Gasteiger partial charge in [-0.3, -0.25) is 14.0 Å². The zero-order chi connectivity index (χ0) is 25.6. The second-order valence-electron chi connectivity index (χ2n) is 8.35. The molecular weight excluding hydrogens is 533 g/mol. The largest absolute Gasteiger partial charge is 0.354 e. The van der Waals surface area contributed by atoms with E-state index in [0.29, 0.717) is 35.8 Å². The van der Waals surface area contributed by atoms with Crippen LogP contribution in [0, 0.1) is 5.92 Å². The Hall–Kier alpha value is -2.18. The monoisotopic (exact) mass is 559 g/mol. The van der Waals surface area contributed by atoms with Gasteiger partial charge in [-0.15, -0.1) is 11.3 Å². The summed E-state index contributed by atoms with van der Waals surface area (Å²) in [5.41, 5.74) is 0.256.